The smallest absolute Gasteiger partial charge is 0.310 e. The van der Waals surface area contributed by atoms with Crippen LogP contribution in [0.1, 0.15) is 51.5 Å². The number of ether oxygens (including phenoxy) is 1. The molecule has 0 amide bonds. The van der Waals surface area contributed by atoms with Crippen LogP contribution >= 0.6 is 0 Å². The highest BCUT2D eigenvalue weighted by molar-refractivity contribution is 5.76. The normalized spacial score (nSPS) is 34.5. The molecule has 1 N–H and O–H groups in total. The number of carbonyl (C=O) groups is 1. The van der Waals surface area contributed by atoms with Crippen LogP contribution in [-0.4, -0.2) is 23.6 Å². The largest absolute Gasteiger partial charge is 0.462 e. The van der Waals surface area contributed by atoms with E-state index in [1.807, 2.05) is 12.3 Å². The first-order valence-electron chi connectivity index (χ1n) is 9.56. The molecule has 4 rings (SSSR count). The van der Waals surface area contributed by atoms with E-state index in [-0.39, 0.29) is 23.4 Å². The quantitative estimate of drug-likeness (QED) is 0.672. The number of aromatic nitrogens is 1. The molecule has 4 nitrogen and oxygen atoms in total. The number of carbonyl (C=O) groups excluding carboxylic acids is 1. The van der Waals surface area contributed by atoms with Gasteiger partial charge in [0.05, 0.1) is 5.92 Å². The van der Waals surface area contributed by atoms with Crippen molar-refractivity contribution >= 4 is 5.97 Å². The Morgan fingerprint density at radius 2 is 2.32 bits per heavy atom. The zero-order chi connectivity index (χ0) is 17.4. The zero-order valence-corrected chi connectivity index (χ0v) is 15.3. The van der Waals surface area contributed by atoms with Gasteiger partial charge in [0.15, 0.2) is 0 Å². The van der Waals surface area contributed by atoms with E-state index in [1.54, 1.807) is 17.3 Å². The molecule has 2 aliphatic carbocycles. The first-order valence-corrected chi connectivity index (χ1v) is 9.56. The average Bonchev–Trinajstić information content (AvgIpc) is 2.88. The Hall–Kier alpha value is -1.68. The van der Waals surface area contributed by atoms with Gasteiger partial charge in [-0.15, -0.1) is 0 Å². The lowest BCUT2D eigenvalue weighted by molar-refractivity contribution is -0.145. The van der Waals surface area contributed by atoms with Crippen molar-refractivity contribution in [1.82, 2.24) is 10.3 Å². The molecule has 2 heterocycles. The lowest BCUT2D eigenvalue weighted by Crippen LogP contribution is -2.40. The van der Waals surface area contributed by atoms with Crippen LogP contribution in [0, 0.1) is 17.3 Å². The summed E-state index contributed by atoms with van der Waals surface area (Å²) in [6.45, 7) is 6.11. The Balaban J connectivity index is 1.45. The number of esters is 1. The molecule has 0 aromatic carbocycles. The van der Waals surface area contributed by atoms with Gasteiger partial charge in [-0.3, -0.25) is 9.78 Å². The highest BCUT2D eigenvalue weighted by Gasteiger charge is 2.52. The summed E-state index contributed by atoms with van der Waals surface area (Å²) in [5.41, 5.74) is 4.58. The number of hydrogen-bond acceptors (Lipinski definition) is 4. The summed E-state index contributed by atoms with van der Waals surface area (Å²) in [5.74, 6) is 0.313. The number of hydrogen-bond donors (Lipinski definition) is 1. The Kier molecular flexibility index (Phi) is 4.40. The summed E-state index contributed by atoms with van der Waals surface area (Å²) < 4.78 is 5.82. The highest BCUT2D eigenvalue weighted by atomic mass is 16.6. The summed E-state index contributed by atoms with van der Waals surface area (Å²) in [5, 5.41) is 3.44. The Morgan fingerprint density at radius 3 is 3.12 bits per heavy atom. The third kappa shape index (κ3) is 3.12. The molecule has 1 aromatic rings. The molecule has 1 saturated heterocycles. The molecule has 4 heteroatoms. The van der Waals surface area contributed by atoms with E-state index in [9.17, 15) is 4.79 Å². The highest BCUT2D eigenvalue weighted by Crippen LogP contribution is 2.54. The van der Waals surface area contributed by atoms with Gasteiger partial charge in [0.1, 0.15) is 6.10 Å². The molecule has 0 bridgehead atoms. The fourth-order valence-electron chi connectivity index (χ4n) is 5.22. The van der Waals surface area contributed by atoms with Crippen molar-refractivity contribution in [2.45, 2.75) is 58.6 Å². The predicted octanol–water partition coefficient (Wildman–Crippen LogP) is 3.63. The Morgan fingerprint density at radius 1 is 1.44 bits per heavy atom. The second-order valence-corrected chi connectivity index (χ2v) is 8.32. The molecule has 0 radical (unpaired) electrons. The molecular weight excluding hydrogens is 312 g/mol. The maximum Gasteiger partial charge on any atom is 0.310 e. The van der Waals surface area contributed by atoms with Crippen molar-refractivity contribution in [2.24, 2.45) is 17.3 Å². The lowest BCUT2D eigenvalue weighted by atomic mass is 9.59. The molecule has 2 fully saturated rings. The van der Waals surface area contributed by atoms with Crippen molar-refractivity contribution in [3.05, 3.63) is 41.2 Å². The van der Waals surface area contributed by atoms with Gasteiger partial charge in [-0.1, -0.05) is 24.1 Å². The average molecular weight is 340 g/mol. The van der Waals surface area contributed by atoms with Gasteiger partial charge in [-0.05, 0) is 56.1 Å². The van der Waals surface area contributed by atoms with E-state index in [1.165, 1.54) is 19.3 Å². The monoisotopic (exact) mass is 340 g/mol. The maximum absolute atomic E-state index is 12.5. The molecule has 4 atom stereocenters. The van der Waals surface area contributed by atoms with Crippen molar-refractivity contribution in [2.75, 3.05) is 6.54 Å². The molecule has 1 aliphatic heterocycles. The van der Waals surface area contributed by atoms with Crippen LogP contribution in [0.15, 0.2) is 35.7 Å². The minimum absolute atomic E-state index is 0.00538. The fourth-order valence-corrected chi connectivity index (χ4v) is 5.22. The number of allylic oxidation sites excluding steroid dienone is 2. The van der Waals surface area contributed by atoms with Gasteiger partial charge in [0.25, 0.3) is 0 Å². The van der Waals surface area contributed by atoms with Gasteiger partial charge in [0, 0.05) is 31.4 Å². The maximum atomic E-state index is 12.5. The summed E-state index contributed by atoms with van der Waals surface area (Å²) in [4.78, 5) is 16.6. The Labute approximate surface area is 150 Å². The first-order chi connectivity index (χ1) is 12.1. The van der Waals surface area contributed by atoms with Gasteiger partial charge in [0.2, 0.25) is 0 Å². The molecule has 25 heavy (non-hydrogen) atoms. The van der Waals surface area contributed by atoms with Crippen molar-refractivity contribution in [3.63, 3.8) is 0 Å². The number of fused-ring (bicyclic) bond motifs is 2. The lowest BCUT2D eigenvalue weighted by Gasteiger charge is -2.45. The summed E-state index contributed by atoms with van der Waals surface area (Å²) in [6, 6.07) is 4.00. The summed E-state index contributed by atoms with van der Waals surface area (Å²) >= 11 is 0. The molecule has 0 unspecified atom stereocenters. The molecule has 134 valence electrons. The van der Waals surface area contributed by atoms with Gasteiger partial charge in [-0.2, -0.15) is 0 Å². The van der Waals surface area contributed by atoms with Crippen molar-refractivity contribution < 1.29 is 9.53 Å². The topological polar surface area (TPSA) is 51.2 Å². The van der Waals surface area contributed by atoms with Crippen LogP contribution in [0.4, 0.5) is 0 Å². The van der Waals surface area contributed by atoms with E-state index in [0.29, 0.717) is 12.5 Å². The van der Waals surface area contributed by atoms with E-state index < -0.39 is 0 Å². The summed E-state index contributed by atoms with van der Waals surface area (Å²) in [6.07, 6.45) is 9.54. The van der Waals surface area contributed by atoms with E-state index in [2.05, 4.69) is 30.2 Å². The van der Waals surface area contributed by atoms with Crippen molar-refractivity contribution in [1.29, 1.82) is 0 Å². The predicted molar refractivity (Wildman–Crippen MR) is 96.7 cm³/mol. The second kappa shape index (κ2) is 6.56. The minimum Gasteiger partial charge on any atom is -0.462 e. The number of pyridine rings is 1. The third-order valence-corrected chi connectivity index (χ3v) is 6.60. The van der Waals surface area contributed by atoms with Crippen LogP contribution in [0.3, 0.4) is 0 Å². The zero-order valence-electron chi connectivity index (χ0n) is 15.3. The molecule has 3 aliphatic rings. The van der Waals surface area contributed by atoms with Crippen LogP contribution in [0.25, 0.3) is 0 Å². The van der Waals surface area contributed by atoms with Crippen LogP contribution in [0.5, 0.6) is 0 Å². The van der Waals surface area contributed by atoms with Crippen LogP contribution in [0.2, 0.25) is 0 Å². The minimum atomic E-state index is -0.0200. The fraction of sp³-hybridized carbons (Fsp3) is 0.619. The summed E-state index contributed by atoms with van der Waals surface area (Å²) in [7, 11) is 0. The SMILES string of the molecule is CC1=C2C[C@H]3[C@H](CNCc4cccnc4)C(=O)O[C@@H]3C[C@@]2(C)CCC1. The van der Waals surface area contributed by atoms with Crippen molar-refractivity contribution in [3.8, 4) is 0 Å². The van der Waals surface area contributed by atoms with E-state index in [4.69, 9.17) is 4.74 Å². The molecular formula is C21H28N2O2. The van der Waals surface area contributed by atoms with Gasteiger partial charge in [-0.25, -0.2) is 0 Å². The van der Waals surface area contributed by atoms with Crippen LogP contribution < -0.4 is 5.32 Å². The second-order valence-electron chi connectivity index (χ2n) is 8.32. The van der Waals surface area contributed by atoms with Gasteiger partial charge < -0.3 is 10.1 Å². The molecule has 1 saturated carbocycles. The van der Waals surface area contributed by atoms with Gasteiger partial charge >= 0.3 is 5.97 Å². The Bertz CT molecular complexity index is 684. The molecule has 0 spiro atoms. The van der Waals surface area contributed by atoms with E-state index in [0.717, 1.165) is 24.9 Å². The van der Waals surface area contributed by atoms with Crippen LogP contribution in [-0.2, 0) is 16.1 Å². The number of rotatable bonds is 4. The first kappa shape index (κ1) is 16.8. The number of nitrogens with one attached hydrogen (secondary N) is 1. The molecule has 1 aromatic heterocycles. The van der Waals surface area contributed by atoms with E-state index >= 15 is 0 Å². The standard InChI is InChI=1S/C21H28N2O2/c1-14-5-3-7-21(2)10-19-16(9-18(14)21)17(20(24)25-19)13-23-12-15-6-4-8-22-11-15/h4,6,8,11,16-17,19,23H,3,5,7,9-10,12-13H2,1-2H3/t16-,17-,19+,21+/m0/s1. The third-order valence-electron chi connectivity index (χ3n) is 6.60. The number of nitrogens with zero attached hydrogens (tertiary/aromatic N) is 1.